The summed E-state index contributed by atoms with van der Waals surface area (Å²) in [5.74, 6) is -0.358. The maximum Gasteiger partial charge on any atom is 0.336 e. The molecule has 0 unspecified atom stereocenters. The number of carboxylic acids is 1. The number of amides is 1. The second kappa shape index (κ2) is 9.59. The van der Waals surface area contributed by atoms with Crippen molar-refractivity contribution in [3.05, 3.63) is 58.4 Å². The Labute approximate surface area is 196 Å². The molecule has 0 bridgehead atoms. The predicted octanol–water partition coefficient (Wildman–Crippen LogP) is 3.92. The fourth-order valence-electron chi connectivity index (χ4n) is 4.06. The van der Waals surface area contributed by atoms with E-state index in [2.05, 4.69) is 5.32 Å². The van der Waals surface area contributed by atoms with E-state index in [4.69, 9.17) is 19.0 Å². The van der Waals surface area contributed by atoms with Gasteiger partial charge in [-0.3, -0.25) is 9.59 Å². The maximum atomic E-state index is 12.5. The number of nitrogens with one attached hydrogen (secondary N) is 1. The van der Waals surface area contributed by atoms with Gasteiger partial charge in [-0.15, -0.1) is 0 Å². The molecule has 1 aromatic heterocycles. The molecule has 34 heavy (non-hydrogen) atoms. The summed E-state index contributed by atoms with van der Waals surface area (Å²) in [6.07, 6.45) is 1.73. The molecule has 1 aliphatic heterocycles. The van der Waals surface area contributed by atoms with Gasteiger partial charge >= 0.3 is 11.6 Å². The minimum Gasteiger partial charge on any atom is -0.487 e. The highest BCUT2D eigenvalue weighted by Gasteiger charge is 2.31. The van der Waals surface area contributed by atoms with E-state index >= 15 is 0 Å². The summed E-state index contributed by atoms with van der Waals surface area (Å²) in [6, 6.07) is 12.6. The highest BCUT2D eigenvalue weighted by Crippen LogP contribution is 2.44. The minimum absolute atomic E-state index is 0.0246. The molecule has 0 atom stereocenters. The molecular weight excluding hydrogens is 438 g/mol. The van der Waals surface area contributed by atoms with E-state index in [0.717, 1.165) is 17.5 Å². The van der Waals surface area contributed by atoms with Crippen molar-refractivity contribution in [3.8, 4) is 22.6 Å². The first-order chi connectivity index (χ1) is 16.2. The maximum absolute atomic E-state index is 12.5. The zero-order valence-electron chi connectivity index (χ0n) is 19.2. The number of carbonyl (C=O) groups excluding carboxylic acids is 1. The van der Waals surface area contributed by atoms with Crippen molar-refractivity contribution < 1.29 is 28.6 Å². The van der Waals surface area contributed by atoms with E-state index in [-0.39, 0.29) is 25.5 Å². The van der Waals surface area contributed by atoms with Crippen molar-refractivity contribution in [1.82, 2.24) is 5.32 Å². The predicted molar refractivity (Wildman–Crippen MR) is 126 cm³/mol. The zero-order valence-corrected chi connectivity index (χ0v) is 19.2. The monoisotopic (exact) mass is 465 g/mol. The second-order valence-electron chi connectivity index (χ2n) is 8.90. The molecule has 8 nitrogen and oxygen atoms in total. The molecule has 2 aromatic carbocycles. The molecule has 1 amide bonds. The molecule has 8 heteroatoms. The van der Waals surface area contributed by atoms with Crippen LogP contribution in [-0.4, -0.2) is 35.7 Å². The number of aliphatic carboxylic acids is 1. The molecule has 2 N–H and O–H groups in total. The van der Waals surface area contributed by atoms with Gasteiger partial charge in [0.05, 0.1) is 5.39 Å². The number of ether oxygens (including phenoxy) is 2. The van der Waals surface area contributed by atoms with E-state index in [1.54, 1.807) is 6.07 Å². The normalized spacial score (nSPS) is 14.2. The van der Waals surface area contributed by atoms with Crippen LogP contribution >= 0.6 is 0 Å². The molecule has 2 heterocycles. The molecule has 3 aromatic rings. The Bertz CT molecular complexity index is 1280. The lowest BCUT2D eigenvalue weighted by atomic mass is 9.91. The van der Waals surface area contributed by atoms with Gasteiger partial charge < -0.3 is 24.3 Å². The first kappa shape index (κ1) is 23.4. The molecule has 0 spiro atoms. The minimum atomic E-state index is -0.913. The molecule has 4 rings (SSSR count). The van der Waals surface area contributed by atoms with Crippen LogP contribution in [0.5, 0.6) is 11.5 Å². The number of carbonyl (C=O) groups is 2. The standard InChI is InChI=1S/C26H27NO7/c1-26(2)11-10-17-19(34-26)14-20(32-15-21(28)27-12-6-9-22(29)30)24-18(13-23(31)33-25(17)24)16-7-4-3-5-8-16/h3-5,7-8,13-14H,6,9-12,15H2,1-2H3,(H,27,28)(H,29,30). The van der Waals surface area contributed by atoms with E-state index in [9.17, 15) is 14.4 Å². The van der Waals surface area contributed by atoms with E-state index in [1.807, 2.05) is 44.2 Å². The number of benzene rings is 2. The average Bonchev–Trinajstić information content (AvgIpc) is 2.79. The van der Waals surface area contributed by atoms with Gasteiger partial charge in [0.2, 0.25) is 0 Å². The van der Waals surface area contributed by atoms with Crippen LogP contribution in [0.2, 0.25) is 0 Å². The molecular formula is C26H27NO7. The number of hydrogen-bond donors (Lipinski definition) is 2. The van der Waals surface area contributed by atoms with Crippen LogP contribution in [0.25, 0.3) is 22.1 Å². The number of carboxylic acid groups (broad SMARTS) is 1. The third kappa shape index (κ3) is 5.22. The molecule has 0 radical (unpaired) electrons. The van der Waals surface area contributed by atoms with E-state index < -0.39 is 17.2 Å². The Morgan fingerprint density at radius 3 is 2.68 bits per heavy atom. The quantitative estimate of drug-likeness (QED) is 0.383. The molecule has 0 fully saturated rings. The van der Waals surface area contributed by atoms with Crippen molar-refractivity contribution in [1.29, 1.82) is 0 Å². The van der Waals surface area contributed by atoms with Crippen LogP contribution in [0, 0.1) is 0 Å². The summed E-state index contributed by atoms with van der Waals surface area (Å²) in [5.41, 5.74) is 1.80. The lowest BCUT2D eigenvalue weighted by Crippen LogP contribution is -2.33. The fourth-order valence-corrected chi connectivity index (χ4v) is 4.06. The van der Waals surface area contributed by atoms with Crippen LogP contribution in [0.3, 0.4) is 0 Å². The Morgan fingerprint density at radius 2 is 1.94 bits per heavy atom. The third-order valence-electron chi connectivity index (χ3n) is 5.74. The number of hydrogen-bond acceptors (Lipinski definition) is 6. The van der Waals surface area contributed by atoms with Gasteiger partial charge in [-0.25, -0.2) is 4.79 Å². The summed E-state index contributed by atoms with van der Waals surface area (Å²) in [7, 11) is 0. The van der Waals surface area contributed by atoms with Gasteiger partial charge in [-0.05, 0) is 38.7 Å². The lowest BCUT2D eigenvalue weighted by molar-refractivity contribution is -0.137. The van der Waals surface area contributed by atoms with Crippen molar-refractivity contribution in [3.63, 3.8) is 0 Å². The van der Waals surface area contributed by atoms with Crippen LogP contribution in [-0.2, 0) is 16.0 Å². The largest absolute Gasteiger partial charge is 0.487 e. The van der Waals surface area contributed by atoms with Crippen molar-refractivity contribution in [2.24, 2.45) is 0 Å². The highest BCUT2D eigenvalue weighted by molar-refractivity contribution is 6.00. The van der Waals surface area contributed by atoms with Crippen LogP contribution < -0.4 is 20.4 Å². The summed E-state index contributed by atoms with van der Waals surface area (Å²) >= 11 is 0. The van der Waals surface area contributed by atoms with Gasteiger partial charge in [-0.2, -0.15) is 0 Å². The van der Waals surface area contributed by atoms with Crippen molar-refractivity contribution in [2.45, 2.75) is 45.1 Å². The van der Waals surface area contributed by atoms with Gasteiger partial charge in [0, 0.05) is 36.2 Å². The first-order valence-corrected chi connectivity index (χ1v) is 11.2. The second-order valence-corrected chi connectivity index (χ2v) is 8.90. The van der Waals surface area contributed by atoms with Crippen LogP contribution in [0.15, 0.2) is 51.7 Å². The van der Waals surface area contributed by atoms with Gasteiger partial charge in [-0.1, -0.05) is 30.3 Å². The summed E-state index contributed by atoms with van der Waals surface area (Å²) < 4.78 is 17.8. The van der Waals surface area contributed by atoms with Crippen LogP contribution in [0.1, 0.15) is 38.7 Å². The van der Waals surface area contributed by atoms with Gasteiger partial charge in [0.25, 0.3) is 5.91 Å². The summed E-state index contributed by atoms with van der Waals surface area (Å²) in [4.78, 5) is 35.5. The highest BCUT2D eigenvalue weighted by atomic mass is 16.5. The third-order valence-corrected chi connectivity index (χ3v) is 5.74. The van der Waals surface area contributed by atoms with Crippen molar-refractivity contribution >= 4 is 22.8 Å². The summed E-state index contributed by atoms with van der Waals surface area (Å²) in [6.45, 7) is 3.93. The number of aryl methyl sites for hydroxylation is 1. The van der Waals surface area contributed by atoms with Gasteiger partial charge in [0.1, 0.15) is 22.7 Å². The molecule has 0 aliphatic carbocycles. The Morgan fingerprint density at radius 1 is 1.18 bits per heavy atom. The zero-order chi connectivity index (χ0) is 24.3. The first-order valence-electron chi connectivity index (χ1n) is 11.2. The number of fused-ring (bicyclic) bond motifs is 3. The molecule has 178 valence electrons. The van der Waals surface area contributed by atoms with Crippen LogP contribution in [0.4, 0.5) is 0 Å². The summed E-state index contributed by atoms with van der Waals surface area (Å²) in [5, 5.41) is 12.0. The average molecular weight is 466 g/mol. The molecule has 0 saturated heterocycles. The Balaban J connectivity index is 1.73. The smallest absolute Gasteiger partial charge is 0.336 e. The Kier molecular flexibility index (Phi) is 6.58. The Hall–Kier alpha value is -3.81. The lowest BCUT2D eigenvalue weighted by Gasteiger charge is -2.33. The SMILES string of the molecule is CC1(C)CCc2c(cc(OCC(=O)NCCCC(=O)O)c3c(-c4ccccc4)cc(=O)oc23)O1. The van der Waals surface area contributed by atoms with Gasteiger partial charge in [0.15, 0.2) is 6.61 Å². The molecule has 0 saturated carbocycles. The van der Waals surface area contributed by atoms with Crippen molar-refractivity contribution in [2.75, 3.05) is 13.2 Å². The van der Waals surface area contributed by atoms with E-state index in [0.29, 0.717) is 40.9 Å². The fraction of sp³-hybridized carbons (Fsp3) is 0.346. The number of rotatable bonds is 8. The topological polar surface area (TPSA) is 115 Å². The van der Waals surface area contributed by atoms with E-state index in [1.165, 1.54) is 6.07 Å². The molecule has 1 aliphatic rings.